The van der Waals surface area contributed by atoms with Gasteiger partial charge in [-0.05, 0) is 37.3 Å². The van der Waals surface area contributed by atoms with Crippen molar-refractivity contribution in [1.29, 1.82) is 0 Å². The third-order valence-electron chi connectivity index (χ3n) is 3.45. The average Bonchev–Trinajstić information content (AvgIpc) is 3.10. The van der Waals surface area contributed by atoms with Crippen molar-refractivity contribution in [3.63, 3.8) is 0 Å². The zero-order chi connectivity index (χ0) is 14.4. The SMILES string of the molecule is C[C@@H](O)c1nc2ccc(-n3ncc4cccnc43)cc2[nH]1. The van der Waals surface area contributed by atoms with Crippen LogP contribution in [0.3, 0.4) is 0 Å². The largest absolute Gasteiger partial charge is 0.385 e. The minimum atomic E-state index is -0.618. The van der Waals surface area contributed by atoms with Gasteiger partial charge in [-0.3, -0.25) is 0 Å². The number of rotatable bonds is 2. The van der Waals surface area contributed by atoms with Gasteiger partial charge in [-0.1, -0.05) is 0 Å². The summed E-state index contributed by atoms with van der Waals surface area (Å²) in [5, 5.41) is 15.0. The number of nitrogens with one attached hydrogen (secondary N) is 1. The minimum Gasteiger partial charge on any atom is -0.385 e. The maximum absolute atomic E-state index is 9.60. The highest BCUT2D eigenvalue weighted by molar-refractivity contribution is 5.80. The summed E-state index contributed by atoms with van der Waals surface area (Å²) in [6.45, 7) is 1.68. The molecule has 0 aliphatic carbocycles. The van der Waals surface area contributed by atoms with Gasteiger partial charge in [0.1, 0.15) is 11.9 Å². The number of benzene rings is 1. The maximum Gasteiger partial charge on any atom is 0.162 e. The summed E-state index contributed by atoms with van der Waals surface area (Å²) in [5.41, 5.74) is 3.39. The standard InChI is InChI=1S/C15H13N5O/c1-9(21)14-18-12-5-4-11(7-13(12)19-14)20-15-10(8-17-20)3-2-6-16-15/h2-9,21H,1H3,(H,18,19)/t9-/m1/s1. The fraction of sp³-hybridized carbons (Fsp3) is 0.133. The minimum absolute atomic E-state index is 0.561. The van der Waals surface area contributed by atoms with Crippen LogP contribution in [-0.2, 0) is 0 Å². The molecule has 1 atom stereocenters. The Labute approximate surface area is 120 Å². The van der Waals surface area contributed by atoms with Gasteiger partial charge in [-0.15, -0.1) is 0 Å². The first kappa shape index (κ1) is 12.0. The average molecular weight is 279 g/mol. The Morgan fingerprint density at radius 3 is 3.05 bits per heavy atom. The molecule has 3 aromatic heterocycles. The third kappa shape index (κ3) is 1.88. The van der Waals surface area contributed by atoms with Crippen molar-refractivity contribution in [2.24, 2.45) is 0 Å². The summed E-state index contributed by atoms with van der Waals surface area (Å²) in [7, 11) is 0. The number of aromatic nitrogens is 5. The Kier molecular flexibility index (Phi) is 2.52. The summed E-state index contributed by atoms with van der Waals surface area (Å²) in [6.07, 6.45) is 2.93. The van der Waals surface area contributed by atoms with Gasteiger partial charge in [0.15, 0.2) is 5.65 Å². The van der Waals surface area contributed by atoms with Gasteiger partial charge in [0, 0.05) is 11.6 Å². The van der Waals surface area contributed by atoms with Crippen LogP contribution >= 0.6 is 0 Å². The number of hydrogen-bond donors (Lipinski definition) is 2. The number of nitrogens with zero attached hydrogens (tertiary/aromatic N) is 4. The van der Waals surface area contributed by atoms with Crippen molar-refractivity contribution in [2.45, 2.75) is 13.0 Å². The van der Waals surface area contributed by atoms with Gasteiger partial charge in [0.2, 0.25) is 0 Å². The molecule has 0 radical (unpaired) electrons. The van der Waals surface area contributed by atoms with Crippen LogP contribution in [0.4, 0.5) is 0 Å². The highest BCUT2D eigenvalue weighted by Crippen LogP contribution is 2.21. The molecule has 3 heterocycles. The zero-order valence-electron chi connectivity index (χ0n) is 11.4. The van der Waals surface area contributed by atoms with E-state index in [0.29, 0.717) is 5.82 Å². The van der Waals surface area contributed by atoms with E-state index in [1.165, 1.54) is 0 Å². The highest BCUT2D eigenvalue weighted by atomic mass is 16.3. The van der Waals surface area contributed by atoms with Crippen LogP contribution in [0, 0.1) is 0 Å². The summed E-state index contributed by atoms with van der Waals surface area (Å²) in [6, 6.07) is 9.67. The number of H-pyrrole nitrogens is 1. The molecule has 0 aliphatic heterocycles. The van der Waals surface area contributed by atoms with Crippen LogP contribution in [0.15, 0.2) is 42.7 Å². The molecule has 6 heteroatoms. The van der Waals surface area contributed by atoms with Crippen LogP contribution in [0.2, 0.25) is 0 Å². The molecule has 21 heavy (non-hydrogen) atoms. The number of imidazole rings is 1. The van der Waals surface area contributed by atoms with Crippen molar-refractivity contribution in [1.82, 2.24) is 24.7 Å². The fourth-order valence-electron chi connectivity index (χ4n) is 2.40. The van der Waals surface area contributed by atoms with E-state index in [2.05, 4.69) is 20.1 Å². The molecule has 0 saturated carbocycles. The highest BCUT2D eigenvalue weighted by Gasteiger charge is 2.10. The maximum atomic E-state index is 9.60. The van der Waals surface area contributed by atoms with E-state index in [-0.39, 0.29) is 0 Å². The second-order valence-corrected chi connectivity index (χ2v) is 4.97. The van der Waals surface area contributed by atoms with Crippen molar-refractivity contribution >= 4 is 22.1 Å². The topological polar surface area (TPSA) is 79.6 Å². The van der Waals surface area contributed by atoms with E-state index < -0.39 is 6.10 Å². The molecule has 4 aromatic rings. The van der Waals surface area contributed by atoms with Crippen LogP contribution in [0.25, 0.3) is 27.8 Å². The molecule has 0 spiro atoms. The summed E-state index contributed by atoms with van der Waals surface area (Å²) in [5.74, 6) is 0.561. The van der Waals surface area contributed by atoms with Crippen molar-refractivity contribution < 1.29 is 5.11 Å². The first-order valence-electron chi connectivity index (χ1n) is 6.69. The molecule has 0 unspecified atom stereocenters. The third-order valence-corrected chi connectivity index (χ3v) is 3.45. The molecule has 4 rings (SSSR count). The molecule has 0 aliphatic rings. The molecule has 1 aromatic carbocycles. The molecular formula is C15H13N5O. The van der Waals surface area contributed by atoms with E-state index in [0.717, 1.165) is 27.8 Å². The molecular weight excluding hydrogens is 266 g/mol. The fourth-order valence-corrected chi connectivity index (χ4v) is 2.40. The van der Waals surface area contributed by atoms with Crippen LogP contribution in [0.5, 0.6) is 0 Å². The van der Waals surface area contributed by atoms with E-state index in [9.17, 15) is 5.11 Å². The van der Waals surface area contributed by atoms with Crippen LogP contribution < -0.4 is 0 Å². The quantitative estimate of drug-likeness (QED) is 0.590. The molecule has 6 nitrogen and oxygen atoms in total. The van der Waals surface area contributed by atoms with E-state index in [1.54, 1.807) is 24.0 Å². The first-order valence-corrected chi connectivity index (χ1v) is 6.69. The van der Waals surface area contributed by atoms with Crippen LogP contribution in [-0.4, -0.2) is 29.8 Å². The predicted octanol–water partition coefficient (Wildman–Crippen LogP) is 2.35. The molecule has 0 fully saturated rings. The van der Waals surface area contributed by atoms with E-state index in [1.807, 2.05) is 30.3 Å². The first-order chi connectivity index (χ1) is 10.2. The number of aliphatic hydroxyl groups is 1. The number of hydrogen-bond acceptors (Lipinski definition) is 4. The summed E-state index contributed by atoms with van der Waals surface area (Å²) in [4.78, 5) is 11.8. The summed E-state index contributed by atoms with van der Waals surface area (Å²) >= 11 is 0. The lowest BCUT2D eigenvalue weighted by molar-refractivity contribution is 0.190. The van der Waals surface area contributed by atoms with Gasteiger partial charge in [-0.2, -0.15) is 5.10 Å². The lowest BCUT2D eigenvalue weighted by atomic mass is 10.3. The van der Waals surface area contributed by atoms with Gasteiger partial charge in [-0.25, -0.2) is 14.6 Å². The van der Waals surface area contributed by atoms with E-state index in [4.69, 9.17) is 0 Å². The van der Waals surface area contributed by atoms with Crippen molar-refractivity contribution in [3.05, 3.63) is 48.5 Å². The normalized spacial score (nSPS) is 13.0. The monoisotopic (exact) mass is 279 g/mol. The zero-order valence-corrected chi connectivity index (χ0v) is 11.4. The van der Waals surface area contributed by atoms with Gasteiger partial charge < -0.3 is 10.1 Å². The number of fused-ring (bicyclic) bond motifs is 2. The lowest BCUT2D eigenvalue weighted by Crippen LogP contribution is -1.97. The smallest absolute Gasteiger partial charge is 0.162 e. The summed E-state index contributed by atoms with van der Waals surface area (Å²) < 4.78 is 1.79. The second-order valence-electron chi connectivity index (χ2n) is 4.97. The van der Waals surface area contributed by atoms with Gasteiger partial charge in [0.05, 0.1) is 22.9 Å². The second kappa shape index (κ2) is 4.39. The molecule has 2 N–H and O–H groups in total. The van der Waals surface area contributed by atoms with Crippen molar-refractivity contribution in [2.75, 3.05) is 0 Å². The number of aliphatic hydroxyl groups excluding tert-OH is 1. The number of pyridine rings is 1. The van der Waals surface area contributed by atoms with Gasteiger partial charge >= 0.3 is 0 Å². The van der Waals surface area contributed by atoms with Crippen LogP contribution in [0.1, 0.15) is 18.9 Å². The Hall–Kier alpha value is -2.73. The Morgan fingerprint density at radius 1 is 1.29 bits per heavy atom. The molecule has 0 saturated heterocycles. The molecule has 0 amide bonds. The molecule has 0 bridgehead atoms. The van der Waals surface area contributed by atoms with Crippen molar-refractivity contribution in [3.8, 4) is 5.69 Å². The predicted molar refractivity (Wildman–Crippen MR) is 79.2 cm³/mol. The number of aromatic amines is 1. The molecule has 104 valence electrons. The lowest BCUT2D eigenvalue weighted by Gasteiger charge is -2.02. The Bertz CT molecular complexity index is 937. The van der Waals surface area contributed by atoms with Gasteiger partial charge in [0.25, 0.3) is 0 Å². The van der Waals surface area contributed by atoms with E-state index >= 15 is 0 Å². The Balaban J connectivity index is 1.90. The Morgan fingerprint density at radius 2 is 2.19 bits per heavy atom.